The summed E-state index contributed by atoms with van der Waals surface area (Å²) in [5.41, 5.74) is 2.70. The van der Waals surface area contributed by atoms with E-state index in [0.717, 1.165) is 29.8 Å². The zero-order chi connectivity index (χ0) is 21.2. The third kappa shape index (κ3) is 5.85. The van der Waals surface area contributed by atoms with Gasteiger partial charge in [-0.2, -0.15) is 0 Å². The number of carbonyl (C=O) groups excluding carboxylic acids is 1. The van der Waals surface area contributed by atoms with Gasteiger partial charge in [0.25, 0.3) is 5.91 Å². The van der Waals surface area contributed by atoms with Crippen molar-refractivity contribution in [1.29, 1.82) is 0 Å². The normalized spacial score (nSPS) is 11.0. The van der Waals surface area contributed by atoms with Crippen LogP contribution in [0.25, 0.3) is 11.0 Å². The van der Waals surface area contributed by atoms with Gasteiger partial charge in [-0.3, -0.25) is 4.79 Å². The fourth-order valence-electron chi connectivity index (χ4n) is 3.76. The van der Waals surface area contributed by atoms with Crippen molar-refractivity contribution in [1.82, 2.24) is 14.9 Å². The summed E-state index contributed by atoms with van der Waals surface area (Å²) in [7, 11) is 1.60. The summed E-state index contributed by atoms with van der Waals surface area (Å²) < 4.78 is 7.47. The highest BCUT2D eigenvalue weighted by molar-refractivity contribution is 5.94. The Morgan fingerprint density at radius 1 is 1.00 bits per heavy atom. The van der Waals surface area contributed by atoms with Gasteiger partial charge in [-0.1, -0.05) is 63.6 Å². The second-order valence-corrected chi connectivity index (χ2v) is 7.70. The van der Waals surface area contributed by atoms with Gasteiger partial charge in [-0.15, -0.1) is 0 Å². The number of aromatic nitrogens is 2. The van der Waals surface area contributed by atoms with Crippen LogP contribution >= 0.6 is 0 Å². The molecular weight excluding hydrogens is 374 g/mol. The van der Waals surface area contributed by atoms with Crippen LogP contribution in [0.4, 0.5) is 0 Å². The summed E-state index contributed by atoms with van der Waals surface area (Å²) in [6.07, 6.45) is 8.92. The molecule has 0 aliphatic rings. The highest BCUT2D eigenvalue weighted by Gasteiger charge is 2.12. The number of hydrogen-bond acceptors (Lipinski definition) is 3. The van der Waals surface area contributed by atoms with Crippen molar-refractivity contribution < 1.29 is 9.53 Å². The molecule has 0 saturated carbocycles. The first-order valence-corrected chi connectivity index (χ1v) is 11.1. The number of unbranched alkanes of at least 4 members (excludes halogenated alkanes) is 6. The first-order chi connectivity index (χ1) is 14.7. The number of nitrogens with zero attached hydrogens (tertiary/aromatic N) is 2. The van der Waals surface area contributed by atoms with Gasteiger partial charge in [-0.25, -0.2) is 4.98 Å². The fraction of sp³-hybridized carbons (Fsp3) is 0.440. The molecule has 0 aliphatic carbocycles. The van der Waals surface area contributed by atoms with Gasteiger partial charge in [0.15, 0.2) is 0 Å². The Bertz CT molecular complexity index is 948. The lowest BCUT2D eigenvalue weighted by Gasteiger charge is -2.11. The fourth-order valence-corrected chi connectivity index (χ4v) is 3.76. The van der Waals surface area contributed by atoms with Crippen LogP contribution in [0.3, 0.4) is 0 Å². The molecule has 0 saturated heterocycles. The average molecular weight is 408 g/mol. The van der Waals surface area contributed by atoms with Crippen LogP contribution in [0.15, 0.2) is 48.5 Å². The Kier molecular flexibility index (Phi) is 8.30. The maximum atomic E-state index is 12.6. The molecule has 1 heterocycles. The minimum absolute atomic E-state index is 0.122. The summed E-state index contributed by atoms with van der Waals surface area (Å²) in [6, 6.07) is 15.4. The molecular formula is C25H33N3O2. The van der Waals surface area contributed by atoms with Crippen LogP contribution in [-0.4, -0.2) is 22.6 Å². The van der Waals surface area contributed by atoms with Crippen LogP contribution in [0, 0.1) is 0 Å². The Morgan fingerprint density at radius 2 is 1.77 bits per heavy atom. The molecule has 160 valence electrons. The van der Waals surface area contributed by atoms with Crippen molar-refractivity contribution in [2.24, 2.45) is 0 Å². The number of ether oxygens (including phenoxy) is 1. The number of amides is 1. The van der Waals surface area contributed by atoms with E-state index in [9.17, 15) is 4.79 Å². The predicted octanol–water partition coefficient (Wildman–Crippen LogP) is 5.73. The van der Waals surface area contributed by atoms with E-state index >= 15 is 0 Å². The van der Waals surface area contributed by atoms with Gasteiger partial charge in [0.2, 0.25) is 0 Å². The van der Waals surface area contributed by atoms with Crippen molar-refractivity contribution in [3.8, 4) is 5.75 Å². The third-order valence-corrected chi connectivity index (χ3v) is 5.46. The number of hydrogen-bond donors (Lipinski definition) is 1. The topological polar surface area (TPSA) is 56.2 Å². The quantitative estimate of drug-likeness (QED) is 0.390. The number of imidazole rings is 1. The third-order valence-electron chi connectivity index (χ3n) is 5.46. The largest absolute Gasteiger partial charge is 0.497 e. The Labute approximate surface area is 179 Å². The molecule has 0 aliphatic heterocycles. The van der Waals surface area contributed by atoms with Gasteiger partial charge >= 0.3 is 0 Å². The van der Waals surface area contributed by atoms with Crippen LogP contribution in [-0.2, 0) is 13.1 Å². The minimum Gasteiger partial charge on any atom is -0.497 e. The van der Waals surface area contributed by atoms with Crippen LogP contribution in [0.5, 0.6) is 5.75 Å². The van der Waals surface area contributed by atoms with Gasteiger partial charge in [0.1, 0.15) is 11.6 Å². The highest BCUT2D eigenvalue weighted by atomic mass is 16.5. The lowest BCUT2D eigenvalue weighted by atomic mass is 10.1. The molecule has 1 aromatic heterocycles. The number of benzene rings is 2. The monoisotopic (exact) mass is 407 g/mol. The van der Waals surface area contributed by atoms with Crippen molar-refractivity contribution in [2.75, 3.05) is 7.11 Å². The smallest absolute Gasteiger partial charge is 0.251 e. The number of para-hydroxylation sites is 2. The molecule has 3 rings (SSSR count). The van der Waals surface area contributed by atoms with E-state index < -0.39 is 0 Å². The lowest BCUT2D eigenvalue weighted by Crippen LogP contribution is -2.24. The van der Waals surface area contributed by atoms with Crippen molar-refractivity contribution in [3.63, 3.8) is 0 Å². The zero-order valence-electron chi connectivity index (χ0n) is 18.2. The van der Waals surface area contributed by atoms with Crippen molar-refractivity contribution in [3.05, 3.63) is 59.9 Å². The molecule has 5 heteroatoms. The van der Waals surface area contributed by atoms with Crippen LogP contribution in [0.1, 0.15) is 68.1 Å². The predicted molar refractivity (Wildman–Crippen MR) is 122 cm³/mol. The number of aryl methyl sites for hydroxylation is 1. The minimum atomic E-state index is -0.122. The molecule has 3 aromatic rings. The lowest BCUT2D eigenvalue weighted by molar-refractivity contribution is 0.0949. The van der Waals surface area contributed by atoms with Crippen molar-refractivity contribution in [2.45, 2.75) is 65.0 Å². The van der Waals surface area contributed by atoms with Crippen LogP contribution in [0.2, 0.25) is 0 Å². The second-order valence-electron chi connectivity index (χ2n) is 7.70. The summed E-state index contributed by atoms with van der Waals surface area (Å²) in [5, 5.41) is 3.01. The maximum Gasteiger partial charge on any atom is 0.251 e. The number of nitrogens with one attached hydrogen (secondary N) is 1. The van der Waals surface area contributed by atoms with Gasteiger partial charge in [0, 0.05) is 12.1 Å². The molecule has 0 fully saturated rings. The van der Waals surface area contributed by atoms with E-state index in [1.54, 1.807) is 19.2 Å². The molecule has 0 radical (unpaired) electrons. The molecule has 0 spiro atoms. The molecule has 0 atom stereocenters. The van der Waals surface area contributed by atoms with Gasteiger partial charge in [0.05, 0.1) is 24.7 Å². The Balaban J connectivity index is 1.63. The standard InChI is InChI=1S/C25H33N3O2/c1-3-4-5-6-7-8-11-17-28-23-16-10-9-15-22(23)27-24(28)19-26-25(29)20-13-12-14-21(18-20)30-2/h9-10,12-16,18H,3-8,11,17,19H2,1-2H3,(H,26,29). The van der Waals surface area contributed by atoms with E-state index in [4.69, 9.17) is 9.72 Å². The first kappa shape index (κ1) is 21.9. The van der Waals surface area contributed by atoms with E-state index in [1.165, 1.54) is 38.5 Å². The summed E-state index contributed by atoms with van der Waals surface area (Å²) in [4.78, 5) is 17.4. The maximum absolute atomic E-state index is 12.6. The number of fused-ring (bicyclic) bond motifs is 1. The molecule has 30 heavy (non-hydrogen) atoms. The highest BCUT2D eigenvalue weighted by Crippen LogP contribution is 2.18. The summed E-state index contributed by atoms with van der Waals surface area (Å²) >= 11 is 0. The second kappa shape index (κ2) is 11.4. The van der Waals surface area contributed by atoms with E-state index in [2.05, 4.69) is 22.9 Å². The number of carbonyl (C=O) groups is 1. The molecule has 0 unspecified atom stereocenters. The molecule has 1 N–H and O–H groups in total. The van der Waals surface area contributed by atoms with Gasteiger partial charge < -0.3 is 14.6 Å². The van der Waals surface area contributed by atoms with Crippen molar-refractivity contribution >= 4 is 16.9 Å². The number of methoxy groups -OCH3 is 1. The molecule has 2 aromatic carbocycles. The summed E-state index contributed by atoms with van der Waals surface area (Å²) in [6.45, 7) is 3.58. The Morgan fingerprint density at radius 3 is 2.57 bits per heavy atom. The average Bonchev–Trinajstić information content (AvgIpc) is 3.14. The van der Waals surface area contributed by atoms with Gasteiger partial charge in [-0.05, 0) is 36.8 Å². The van der Waals surface area contributed by atoms with E-state index in [1.807, 2.05) is 30.3 Å². The molecule has 5 nitrogen and oxygen atoms in total. The SMILES string of the molecule is CCCCCCCCCn1c(CNC(=O)c2cccc(OC)c2)nc2ccccc21. The number of rotatable bonds is 12. The molecule has 0 bridgehead atoms. The first-order valence-electron chi connectivity index (χ1n) is 11.1. The molecule has 1 amide bonds. The zero-order valence-corrected chi connectivity index (χ0v) is 18.2. The summed E-state index contributed by atoms with van der Waals surface area (Å²) in [5.74, 6) is 1.45. The van der Waals surface area contributed by atoms with E-state index in [-0.39, 0.29) is 5.91 Å². The Hall–Kier alpha value is -2.82. The van der Waals surface area contributed by atoms with E-state index in [0.29, 0.717) is 17.9 Å². The van der Waals surface area contributed by atoms with Crippen LogP contribution < -0.4 is 10.1 Å².